The Labute approximate surface area is 152 Å². The Hall–Kier alpha value is -1.06. The van der Waals surface area contributed by atoms with E-state index in [9.17, 15) is 4.79 Å². The van der Waals surface area contributed by atoms with Crippen LogP contribution >= 0.6 is 11.6 Å². The van der Waals surface area contributed by atoms with Gasteiger partial charge in [-0.25, -0.2) is 0 Å². The highest BCUT2D eigenvalue weighted by molar-refractivity contribution is 6.30. The van der Waals surface area contributed by atoms with Crippen molar-refractivity contribution in [2.24, 2.45) is 5.92 Å². The summed E-state index contributed by atoms with van der Waals surface area (Å²) in [4.78, 5) is 15.1. The Morgan fingerprint density at radius 3 is 2.33 bits per heavy atom. The van der Waals surface area contributed by atoms with Gasteiger partial charge in [0.2, 0.25) is 0 Å². The molecule has 1 aromatic carbocycles. The van der Waals surface area contributed by atoms with Crippen molar-refractivity contribution in [3.05, 3.63) is 29.3 Å². The van der Waals surface area contributed by atoms with Gasteiger partial charge in [0.1, 0.15) is 5.75 Å². The summed E-state index contributed by atoms with van der Waals surface area (Å²) in [6.45, 7) is 5.25. The minimum atomic E-state index is -0.357. The number of halogens is 1. The van der Waals surface area contributed by atoms with Gasteiger partial charge in [0, 0.05) is 10.9 Å². The summed E-state index contributed by atoms with van der Waals surface area (Å²) in [5.41, 5.74) is 0. The highest BCUT2D eigenvalue weighted by Crippen LogP contribution is 2.23. The van der Waals surface area contributed by atoms with E-state index in [0.29, 0.717) is 5.02 Å². The van der Waals surface area contributed by atoms with Crippen LogP contribution in [0, 0.1) is 5.92 Å². The van der Waals surface area contributed by atoms with Gasteiger partial charge in [0.05, 0.1) is 0 Å². The summed E-state index contributed by atoms with van der Waals surface area (Å²) in [7, 11) is 4.14. The predicted molar refractivity (Wildman–Crippen MR) is 102 cm³/mol. The Morgan fingerprint density at radius 2 is 1.79 bits per heavy atom. The molecular formula is C20H32ClNO2. The number of nitrogens with zero attached hydrogens (tertiary/aromatic N) is 1. The number of benzene rings is 1. The lowest BCUT2D eigenvalue weighted by Crippen LogP contribution is -2.33. The van der Waals surface area contributed by atoms with E-state index >= 15 is 0 Å². The minimum Gasteiger partial charge on any atom is -0.483 e. The van der Waals surface area contributed by atoms with Crippen molar-refractivity contribution < 1.29 is 9.53 Å². The molecule has 24 heavy (non-hydrogen) atoms. The maximum Gasteiger partial charge on any atom is 0.176 e. The molecule has 0 saturated carbocycles. The molecule has 2 unspecified atom stereocenters. The Bertz CT molecular complexity index is 473. The van der Waals surface area contributed by atoms with Crippen molar-refractivity contribution in [1.29, 1.82) is 0 Å². The molecule has 0 heterocycles. The van der Waals surface area contributed by atoms with Gasteiger partial charge in [-0.3, -0.25) is 4.79 Å². The summed E-state index contributed by atoms with van der Waals surface area (Å²) in [6.07, 6.45) is 5.33. The maximum atomic E-state index is 12.9. The first kappa shape index (κ1) is 21.0. The fourth-order valence-electron chi connectivity index (χ4n) is 2.85. The van der Waals surface area contributed by atoms with Crippen molar-refractivity contribution in [1.82, 2.24) is 4.90 Å². The first-order chi connectivity index (χ1) is 11.5. The highest BCUT2D eigenvalue weighted by Gasteiger charge is 2.26. The van der Waals surface area contributed by atoms with E-state index in [4.69, 9.17) is 16.3 Å². The van der Waals surface area contributed by atoms with Gasteiger partial charge in [-0.05, 0) is 77.0 Å². The van der Waals surface area contributed by atoms with E-state index in [-0.39, 0.29) is 17.8 Å². The third-order valence-corrected chi connectivity index (χ3v) is 4.52. The second-order valence-electron chi connectivity index (χ2n) is 6.66. The Morgan fingerprint density at radius 1 is 1.12 bits per heavy atom. The number of hydrogen-bond acceptors (Lipinski definition) is 3. The summed E-state index contributed by atoms with van der Waals surface area (Å²) in [6, 6.07) is 7.27. The van der Waals surface area contributed by atoms with E-state index in [1.165, 1.54) is 0 Å². The minimum absolute atomic E-state index is 0.0983. The van der Waals surface area contributed by atoms with Crippen molar-refractivity contribution >= 4 is 17.4 Å². The second kappa shape index (κ2) is 11.5. The molecule has 0 aromatic heterocycles. The van der Waals surface area contributed by atoms with Gasteiger partial charge in [-0.1, -0.05) is 31.9 Å². The molecular weight excluding hydrogens is 322 g/mol. The number of Topliss-reactive ketones (excluding diaryl/α,β-unsaturated/α-hetero) is 1. The number of carbonyl (C=O) groups excluding carboxylic acids is 1. The van der Waals surface area contributed by atoms with Crippen LogP contribution in [0.15, 0.2) is 24.3 Å². The van der Waals surface area contributed by atoms with Crippen LogP contribution in [0.1, 0.15) is 52.4 Å². The summed E-state index contributed by atoms with van der Waals surface area (Å²) < 4.78 is 6.05. The lowest BCUT2D eigenvalue weighted by molar-refractivity contribution is -0.130. The standard InChI is InChI=1S/C20H32ClNO2/c1-5-9-16(6-2)20(23)19(10-7-8-15-22(3)4)24-18-13-11-17(21)12-14-18/h11-14,16,19H,5-10,15H2,1-4H3. The van der Waals surface area contributed by atoms with Crippen LogP contribution in [-0.4, -0.2) is 37.4 Å². The maximum absolute atomic E-state index is 12.9. The summed E-state index contributed by atoms with van der Waals surface area (Å²) in [5.74, 6) is 1.07. The Kier molecular flexibility index (Phi) is 10.0. The van der Waals surface area contributed by atoms with Crippen molar-refractivity contribution in [2.75, 3.05) is 20.6 Å². The highest BCUT2D eigenvalue weighted by atomic mass is 35.5. The summed E-state index contributed by atoms with van der Waals surface area (Å²) in [5, 5.41) is 0.675. The van der Waals surface area contributed by atoms with Crippen molar-refractivity contribution in [3.8, 4) is 5.75 Å². The molecule has 0 spiro atoms. The molecule has 0 radical (unpaired) electrons. The molecule has 0 aliphatic carbocycles. The van der Waals surface area contributed by atoms with Crippen LogP contribution < -0.4 is 4.74 Å². The van der Waals surface area contributed by atoms with E-state index in [1.54, 1.807) is 12.1 Å². The molecule has 0 aliphatic rings. The fraction of sp³-hybridized carbons (Fsp3) is 0.650. The van der Waals surface area contributed by atoms with E-state index in [1.807, 2.05) is 12.1 Å². The average Bonchev–Trinajstić information content (AvgIpc) is 2.56. The van der Waals surface area contributed by atoms with Gasteiger partial charge in [-0.2, -0.15) is 0 Å². The molecule has 0 bridgehead atoms. The third kappa shape index (κ3) is 7.67. The van der Waals surface area contributed by atoms with Gasteiger partial charge in [0.15, 0.2) is 11.9 Å². The molecule has 1 rings (SSSR count). The second-order valence-corrected chi connectivity index (χ2v) is 7.09. The van der Waals surface area contributed by atoms with Crippen LogP contribution in [0.25, 0.3) is 0 Å². The SMILES string of the molecule is CCCC(CC)C(=O)C(CCCCN(C)C)Oc1ccc(Cl)cc1. The quantitative estimate of drug-likeness (QED) is 0.483. The lowest BCUT2D eigenvalue weighted by Gasteiger charge is -2.23. The molecule has 3 nitrogen and oxygen atoms in total. The zero-order valence-corrected chi connectivity index (χ0v) is 16.3. The molecule has 0 saturated heterocycles. The number of unbranched alkanes of at least 4 members (excludes halogenated alkanes) is 1. The van der Waals surface area contributed by atoms with Gasteiger partial charge < -0.3 is 9.64 Å². The predicted octanol–water partition coefficient (Wildman–Crippen LogP) is 5.21. The smallest absolute Gasteiger partial charge is 0.176 e. The number of ether oxygens (including phenoxy) is 1. The number of rotatable bonds is 12. The lowest BCUT2D eigenvalue weighted by atomic mass is 9.90. The van der Waals surface area contributed by atoms with Crippen molar-refractivity contribution in [3.63, 3.8) is 0 Å². The van der Waals surface area contributed by atoms with E-state index in [0.717, 1.165) is 50.8 Å². The van der Waals surface area contributed by atoms with Gasteiger partial charge >= 0.3 is 0 Å². The van der Waals surface area contributed by atoms with Gasteiger partial charge in [0.25, 0.3) is 0 Å². The molecule has 2 atom stereocenters. The molecule has 0 N–H and O–H groups in total. The fourth-order valence-corrected chi connectivity index (χ4v) is 2.98. The van der Waals surface area contributed by atoms with Crippen LogP contribution in [-0.2, 0) is 4.79 Å². The van der Waals surface area contributed by atoms with Gasteiger partial charge in [-0.15, -0.1) is 0 Å². The van der Waals surface area contributed by atoms with Crippen LogP contribution in [0.2, 0.25) is 5.02 Å². The van der Waals surface area contributed by atoms with E-state index in [2.05, 4.69) is 32.8 Å². The van der Waals surface area contributed by atoms with Crippen LogP contribution in [0.3, 0.4) is 0 Å². The largest absolute Gasteiger partial charge is 0.483 e. The monoisotopic (exact) mass is 353 g/mol. The van der Waals surface area contributed by atoms with Crippen LogP contribution in [0.5, 0.6) is 5.75 Å². The Balaban J connectivity index is 2.73. The zero-order valence-electron chi connectivity index (χ0n) is 15.6. The molecule has 1 aromatic rings. The molecule has 0 fully saturated rings. The normalized spacial score (nSPS) is 13.8. The first-order valence-electron chi connectivity index (χ1n) is 9.08. The summed E-state index contributed by atoms with van der Waals surface area (Å²) >= 11 is 5.93. The average molecular weight is 354 g/mol. The topological polar surface area (TPSA) is 29.5 Å². The number of carbonyl (C=O) groups is 1. The number of ketones is 1. The van der Waals surface area contributed by atoms with Crippen LogP contribution in [0.4, 0.5) is 0 Å². The van der Waals surface area contributed by atoms with E-state index < -0.39 is 0 Å². The number of hydrogen-bond donors (Lipinski definition) is 0. The molecule has 4 heteroatoms. The van der Waals surface area contributed by atoms with Crippen molar-refractivity contribution in [2.45, 2.75) is 58.5 Å². The molecule has 136 valence electrons. The molecule has 0 aliphatic heterocycles. The molecule has 0 amide bonds. The third-order valence-electron chi connectivity index (χ3n) is 4.26. The zero-order chi connectivity index (χ0) is 17.9. The first-order valence-corrected chi connectivity index (χ1v) is 9.46.